The van der Waals surface area contributed by atoms with E-state index in [0.29, 0.717) is 0 Å². The average molecular weight is 217 g/mol. The summed E-state index contributed by atoms with van der Waals surface area (Å²) in [6, 6.07) is 2.41. The van der Waals surface area contributed by atoms with Crippen LogP contribution in [0.1, 0.15) is 15.9 Å². The van der Waals surface area contributed by atoms with Gasteiger partial charge in [-0.3, -0.25) is 4.79 Å². The predicted octanol–water partition coefficient (Wildman–Crippen LogP) is 1.73. The number of hydrogen-bond acceptors (Lipinski definition) is 2. The fourth-order valence-electron chi connectivity index (χ4n) is 1.05. The van der Waals surface area contributed by atoms with Crippen molar-refractivity contribution < 1.29 is 13.9 Å². The van der Waals surface area contributed by atoms with Crippen LogP contribution in [0.3, 0.4) is 0 Å². The molecule has 0 unspecified atom stereocenters. The third kappa shape index (κ3) is 2.02. The van der Waals surface area contributed by atoms with Crippen molar-refractivity contribution in [3.05, 3.63) is 40.7 Å². The molecule has 14 heavy (non-hydrogen) atoms. The van der Waals surface area contributed by atoms with Gasteiger partial charge in [-0.15, -0.1) is 0 Å². The van der Waals surface area contributed by atoms with Gasteiger partial charge in [0, 0.05) is 17.7 Å². The minimum atomic E-state index is -0.881. The molecule has 75 valence electrons. The summed E-state index contributed by atoms with van der Waals surface area (Å²) < 4.78 is 17.8. The SMILES string of the molecule is CO[CH]c1c(Cl)ccc(F)c1C(N)=O. The Balaban J connectivity index is 3.33. The summed E-state index contributed by atoms with van der Waals surface area (Å²) in [7, 11) is 1.37. The third-order valence-corrected chi connectivity index (χ3v) is 1.95. The number of carbonyl (C=O) groups excluding carboxylic acids is 1. The topological polar surface area (TPSA) is 52.3 Å². The van der Waals surface area contributed by atoms with Gasteiger partial charge in [0.25, 0.3) is 5.91 Å². The lowest BCUT2D eigenvalue weighted by Gasteiger charge is -2.07. The number of rotatable bonds is 3. The van der Waals surface area contributed by atoms with Gasteiger partial charge in [0.2, 0.25) is 0 Å². The molecular weight excluding hydrogens is 209 g/mol. The summed E-state index contributed by atoms with van der Waals surface area (Å²) in [6.07, 6.45) is 0. The molecule has 0 saturated carbocycles. The summed E-state index contributed by atoms with van der Waals surface area (Å²) in [5.74, 6) is -1.60. The van der Waals surface area contributed by atoms with Crippen LogP contribution in [0.5, 0.6) is 0 Å². The lowest BCUT2D eigenvalue weighted by Crippen LogP contribution is -2.16. The first-order valence-corrected chi connectivity index (χ1v) is 4.09. The molecule has 0 saturated heterocycles. The van der Waals surface area contributed by atoms with E-state index in [4.69, 9.17) is 17.3 Å². The molecule has 2 N–H and O–H groups in total. The van der Waals surface area contributed by atoms with E-state index in [9.17, 15) is 9.18 Å². The number of nitrogens with two attached hydrogens (primary N) is 1. The zero-order valence-corrected chi connectivity index (χ0v) is 8.14. The largest absolute Gasteiger partial charge is 0.374 e. The van der Waals surface area contributed by atoms with E-state index < -0.39 is 11.7 Å². The molecule has 0 bridgehead atoms. The smallest absolute Gasteiger partial charge is 0.252 e. The van der Waals surface area contributed by atoms with E-state index in [1.165, 1.54) is 19.8 Å². The van der Waals surface area contributed by atoms with Crippen molar-refractivity contribution in [1.82, 2.24) is 0 Å². The number of benzene rings is 1. The number of amides is 1. The summed E-state index contributed by atoms with van der Waals surface area (Å²) in [6.45, 7) is 1.17. The third-order valence-electron chi connectivity index (χ3n) is 1.62. The fraction of sp³-hybridized carbons (Fsp3) is 0.111. The maximum atomic E-state index is 13.2. The normalized spacial score (nSPS) is 10.2. The second-order valence-corrected chi connectivity index (χ2v) is 2.94. The Labute approximate surface area is 85.6 Å². The molecule has 0 heterocycles. The lowest BCUT2D eigenvalue weighted by molar-refractivity contribution is 0.0995. The van der Waals surface area contributed by atoms with Gasteiger partial charge in [-0.05, 0) is 12.1 Å². The number of primary amides is 1. The van der Waals surface area contributed by atoms with Gasteiger partial charge in [-0.1, -0.05) is 11.6 Å². The quantitative estimate of drug-likeness (QED) is 0.837. The van der Waals surface area contributed by atoms with Crippen molar-refractivity contribution in [2.45, 2.75) is 0 Å². The zero-order chi connectivity index (χ0) is 10.7. The fourth-order valence-corrected chi connectivity index (χ4v) is 1.25. The van der Waals surface area contributed by atoms with Crippen molar-refractivity contribution in [2.24, 2.45) is 5.73 Å². The zero-order valence-electron chi connectivity index (χ0n) is 7.38. The highest BCUT2D eigenvalue weighted by molar-refractivity contribution is 6.32. The number of ether oxygens (including phenoxy) is 1. The number of hydrogen-bond donors (Lipinski definition) is 1. The molecule has 0 aliphatic carbocycles. The Bertz CT molecular complexity index is 368. The predicted molar refractivity (Wildman–Crippen MR) is 50.3 cm³/mol. The van der Waals surface area contributed by atoms with E-state index in [1.807, 2.05) is 0 Å². The van der Waals surface area contributed by atoms with E-state index >= 15 is 0 Å². The summed E-state index contributed by atoms with van der Waals surface area (Å²) in [5.41, 5.74) is 4.89. The van der Waals surface area contributed by atoms with E-state index in [1.54, 1.807) is 0 Å². The van der Waals surface area contributed by atoms with E-state index in [2.05, 4.69) is 4.74 Å². The monoisotopic (exact) mass is 216 g/mol. The molecule has 0 aliphatic heterocycles. The first-order valence-electron chi connectivity index (χ1n) is 3.71. The Morgan fingerprint density at radius 1 is 1.64 bits per heavy atom. The van der Waals surface area contributed by atoms with Crippen LogP contribution in [0.25, 0.3) is 0 Å². The molecule has 0 fully saturated rings. The first kappa shape index (κ1) is 10.9. The van der Waals surface area contributed by atoms with E-state index in [0.717, 1.165) is 6.07 Å². The summed E-state index contributed by atoms with van der Waals surface area (Å²) >= 11 is 5.74. The standard InChI is InChI=1S/C9H8ClFNO2/c1-14-4-5-6(10)2-3-7(11)8(5)9(12)13/h2-4H,1H3,(H2,12,13). The van der Waals surface area contributed by atoms with Gasteiger partial charge in [-0.2, -0.15) is 0 Å². The average Bonchev–Trinajstić information content (AvgIpc) is 2.11. The van der Waals surface area contributed by atoms with Crippen LogP contribution in [0.15, 0.2) is 12.1 Å². The molecule has 0 aliphatic rings. The van der Waals surface area contributed by atoms with Gasteiger partial charge in [0.05, 0.1) is 5.56 Å². The number of methoxy groups -OCH3 is 1. The van der Waals surface area contributed by atoms with Gasteiger partial charge < -0.3 is 10.5 Å². The maximum Gasteiger partial charge on any atom is 0.252 e. The highest BCUT2D eigenvalue weighted by Gasteiger charge is 2.17. The summed E-state index contributed by atoms with van der Waals surface area (Å²) in [5, 5.41) is 0.210. The van der Waals surface area contributed by atoms with Crippen LogP contribution >= 0.6 is 11.6 Å². The molecule has 5 heteroatoms. The van der Waals surface area contributed by atoms with Crippen LogP contribution in [0, 0.1) is 12.4 Å². The van der Waals surface area contributed by atoms with Crippen molar-refractivity contribution in [3.63, 3.8) is 0 Å². The van der Waals surface area contributed by atoms with Gasteiger partial charge >= 0.3 is 0 Å². The Morgan fingerprint density at radius 2 is 2.29 bits per heavy atom. The Kier molecular flexibility index (Phi) is 3.43. The number of carbonyl (C=O) groups is 1. The van der Waals surface area contributed by atoms with E-state index in [-0.39, 0.29) is 16.1 Å². The minimum Gasteiger partial charge on any atom is -0.374 e. The Hall–Kier alpha value is -1.13. The number of halogens is 2. The lowest BCUT2D eigenvalue weighted by atomic mass is 10.1. The first-order chi connectivity index (χ1) is 6.57. The molecule has 0 spiro atoms. The highest BCUT2D eigenvalue weighted by atomic mass is 35.5. The van der Waals surface area contributed by atoms with Crippen molar-refractivity contribution in [1.29, 1.82) is 0 Å². The summed E-state index contributed by atoms with van der Waals surface area (Å²) in [4.78, 5) is 10.9. The van der Waals surface area contributed by atoms with Crippen LogP contribution in [-0.2, 0) is 4.74 Å². The minimum absolute atomic E-state index is 0.154. The van der Waals surface area contributed by atoms with Crippen LogP contribution in [0.4, 0.5) is 4.39 Å². The second-order valence-electron chi connectivity index (χ2n) is 2.54. The van der Waals surface area contributed by atoms with Crippen LogP contribution in [0.2, 0.25) is 5.02 Å². The van der Waals surface area contributed by atoms with Crippen LogP contribution < -0.4 is 5.73 Å². The van der Waals surface area contributed by atoms with Gasteiger partial charge in [0.1, 0.15) is 12.4 Å². The van der Waals surface area contributed by atoms with Gasteiger partial charge in [-0.25, -0.2) is 4.39 Å². The molecule has 0 aromatic heterocycles. The molecule has 1 aromatic carbocycles. The van der Waals surface area contributed by atoms with Crippen molar-refractivity contribution >= 4 is 17.5 Å². The van der Waals surface area contributed by atoms with Crippen molar-refractivity contribution in [2.75, 3.05) is 7.11 Å². The molecule has 1 radical (unpaired) electrons. The Morgan fingerprint density at radius 3 is 2.79 bits per heavy atom. The second kappa shape index (κ2) is 4.39. The molecule has 1 rings (SSSR count). The van der Waals surface area contributed by atoms with Crippen LogP contribution in [-0.4, -0.2) is 13.0 Å². The molecular formula is C9H8ClFNO2. The van der Waals surface area contributed by atoms with Crippen molar-refractivity contribution in [3.8, 4) is 0 Å². The highest BCUT2D eigenvalue weighted by Crippen LogP contribution is 2.24. The molecule has 1 amide bonds. The molecule has 3 nitrogen and oxygen atoms in total. The maximum absolute atomic E-state index is 13.2. The molecule has 0 atom stereocenters. The van der Waals surface area contributed by atoms with Gasteiger partial charge in [0.15, 0.2) is 0 Å². The molecule has 1 aromatic rings.